The van der Waals surface area contributed by atoms with Gasteiger partial charge in [-0.25, -0.2) is 4.79 Å². The summed E-state index contributed by atoms with van der Waals surface area (Å²) in [6.45, 7) is 8.37. The van der Waals surface area contributed by atoms with E-state index >= 15 is 4.79 Å². The molecule has 9 rings (SSSR count). The van der Waals surface area contributed by atoms with Crippen molar-refractivity contribution in [3.05, 3.63) is 64.8 Å². The van der Waals surface area contributed by atoms with Crippen LogP contribution in [0.2, 0.25) is 0 Å². The van der Waals surface area contributed by atoms with E-state index in [-0.39, 0.29) is 23.3 Å². The van der Waals surface area contributed by atoms with E-state index in [9.17, 15) is 15.0 Å². The van der Waals surface area contributed by atoms with E-state index in [4.69, 9.17) is 9.47 Å². The third kappa shape index (κ3) is 4.58. The molecule has 0 amide bonds. The lowest BCUT2D eigenvalue weighted by Gasteiger charge is -2.62. The lowest BCUT2D eigenvalue weighted by Crippen LogP contribution is -2.75. The Hall–Kier alpha value is -3.44. The second-order valence-electron chi connectivity index (χ2n) is 17.6. The molecule has 1 aromatic heterocycles. The van der Waals surface area contributed by atoms with Gasteiger partial charge in [0, 0.05) is 60.4 Å². The van der Waals surface area contributed by atoms with Crippen molar-refractivity contribution in [2.24, 2.45) is 11.3 Å². The molecule has 4 fully saturated rings. The zero-order valence-electron chi connectivity index (χ0n) is 32.0. The molecule has 1 spiro atoms. The van der Waals surface area contributed by atoms with Crippen molar-refractivity contribution >= 4 is 28.5 Å². The van der Waals surface area contributed by atoms with Crippen molar-refractivity contribution in [3.63, 3.8) is 0 Å². The molecule has 5 aliphatic heterocycles. The number of fused-ring (bicyclic) bond motifs is 6. The summed E-state index contributed by atoms with van der Waals surface area (Å²) in [7, 11) is 4.90. The first-order chi connectivity index (χ1) is 25.4. The maximum absolute atomic E-state index is 15.0. The van der Waals surface area contributed by atoms with Crippen LogP contribution in [-0.4, -0.2) is 114 Å². The number of aliphatic hydroxyl groups is 2. The van der Waals surface area contributed by atoms with Crippen LogP contribution in [0.25, 0.3) is 10.9 Å². The van der Waals surface area contributed by atoms with E-state index in [0.717, 1.165) is 97.3 Å². The molecule has 2 bridgehead atoms. The number of anilines is 1. The number of carbonyl (C=O) groups is 2. The van der Waals surface area contributed by atoms with Crippen LogP contribution in [0.4, 0.5) is 5.69 Å². The number of rotatable bonds is 5. The number of ether oxygens (including phenoxy) is 2. The maximum Gasteiger partial charge on any atom is 0.340 e. The van der Waals surface area contributed by atoms with Crippen molar-refractivity contribution in [1.82, 2.24) is 14.8 Å². The standard InChI is InChI=1S/C43H56N4O6/c1-6-39-16-10-18-47-20-17-41(35(39)47)31-21-28(13-14-33(31)45(3)36(41)43(51,25-39)38(49)53-5)42(37(48)52-4)23-27-22-40(50,7-2)26-46(24-27)19-15-30-29-11-8-9-12-32(29)44-34(30)42/h8-9,11-14,21,27,35-36,44,50-51H,6-7,10,15-20,22-26H2,1-5H3/t27-,35-,36+,39-,40+,41+,42-,43+/m0/s1. The Balaban J connectivity index is 1.31. The molecule has 53 heavy (non-hydrogen) atoms. The second-order valence-corrected chi connectivity index (χ2v) is 17.6. The summed E-state index contributed by atoms with van der Waals surface area (Å²) in [5.41, 5.74) is 1.37. The molecule has 2 aromatic carbocycles. The summed E-state index contributed by atoms with van der Waals surface area (Å²) >= 11 is 0. The Morgan fingerprint density at radius 3 is 2.49 bits per heavy atom. The number of H-pyrrole nitrogens is 1. The Labute approximate surface area is 312 Å². The van der Waals surface area contributed by atoms with Crippen LogP contribution in [0.3, 0.4) is 0 Å². The molecule has 284 valence electrons. The Bertz CT molecular complexity index is 1980. The maximum atomic E-state index is 15.0. The van der Waals surface area contributed by atoms with E-state index in [1.54, 1.807) is 0 Å². The highest BCUT2D eigenvalue weighted by Crippen LogP contribution is 2.68. The molecule has 1 saturated carbocycles. The summed E-state index contributed by atoms with van der Waals surface area (Å²) < 4.78 is 11.4. The number of hydrogen-bond donors (Lipinski definition) is 3. The molecular formula is C43H56N4O6. The molecule has 10 heteroatoms. The quantitative estimate of drug-likeness (QED) is 0.323. The van der Waals surface area contributed by atoms with E-state index in [1.807, 2.05) is 13.1 Å². The van der Waals surface area contributed by atoms with Crippen molar-refractivity contribution in [1.29, 1.82) is 0 Å². The van der Waals surface area contributed by atoms with Gasteiger partial charge in [0.05, 0.1) is 25.9 Å². The molecule has 6 aliphatic rings. The smallest absolute Gasteiger partial charge is 0.340 e. The third-order valence-corrected chi connectivity index (χ3v) is 15.3. The molecule has 3 saturated heterocycles. The van der Waals surface area contributed by atoms with Gasteiger partial charge in [-0.15, -0.1) is 0 Å². The van der Waals surface area contributed by atoms with Gasteiger partial charge in [0.25, 0.3) is 0 Å². The molecule has 0 radical (unpaired) electrons. The van der Waals surface area contributed by atoms with Gasteiger partial charge < -0.3 is 29.6 Å². The van der Waals surface area contributed by atoms with Gasteiger partial charge in [0.15, 0.2) is 5.60 Å². The molecule has 1 unspecified atom stereocenters. The van der Waals surface area contributed by atoms with Crippen LogP contribution in [0, 0.1) is 11.3 Å². The van der Waals surface area contributed by atoms with Gasteiger partial charge in [-0.2, -0.15) is 0 Å². The zero-order chi connectivity index (χ0) is 37.1. The van der Waals surface area contributed by atoms with Gasteiger partial charge in [-0.1, -0.05) is 44.2 Å². The van der Waals surface area contributed by atoms with Gasteiger partial charge in [0.1, 0.15) is 5.41 Å². The van der Waals surface area contributed by atoms with Crippen LogP contribution < -0.4 is 4.90 Å². The first kappa shape index (κ1) is 35.3. The van der Waals surface area contributed by atoms with Crippen molar-refractivity contribution < 1.29 is 29.3 Å². The number of aromatic nitrogens is 1. The number of likely N-dealkylation sites (N-methyl/N-ethyl adjacent to an activating group) is 1. The summed E-state index contributed by atoms with van der Waals surface area (Å²) in [4.78, 5) is 39.9. The zero-order valence-corrected chi connectivity index (χ0v) is 32.0. The number of carbonyl (C=O) groups excluding carboxylic acids is 2. The van der Waals surface area contributed by atoms with Crippen molar-refractivity contribution in [3.8, 4) is 0 Å². The predicted molar refractivity (Wildman–Crippen MR) is 203 cm³/mol. The van der Waals surface area contributed by atoms with E-state index < -0.39 is 34.0 Å². The number of hydrogen-bond acceptors (Lipinski definition) is 9. The minimum Gasteiger partial charge on any atom is -0.468 e. The average molecular weight is 725 g/mol. The van der Waals surface area contributed by atoms with Crippen LogP contribution in [0.15, 0.2) is 42.5 Å². The summed E-state index contributed by atoms with van der Waals surface area (Å²) in [6, 6.07) is 14.4. The van der Waals surface area contributed by atoms with Crippen LogP contribution in [0.1, 0.15) is 87.6 Å². The Morgan fingerprint density at radius 1 is 0.943 bits per heavy atom. The fourth-order valence-corrected chi connectivity index (χ4v) is 13.4. The number of esters is 2. The highest BCUT2D eigenvalue weighted by molar-refractivity contribution is 5.94. The van der Waals surface area contributed by atoms with Crippen LogP contribution in [0.5, 0.6) is 0 Å². The summed E-state index contributed by atoms with van der Waals surface area (Å²) in [5, 5.41) is 25.8. The minimum absolute atomic E-state index is 0.0270. The number of nitrogens with zero attached hydrogens (tertiary/aromatic N) is 3. The van der Waals surface area contributed by atoms with Gasteiger partial charge in [0.2, 0.25) is 0 Å². The first-order valence-electron chi connectivity index (χ1n) is 20.0. The number of aromatic amines is 1. The van der Waals surface area contributed by atoms with Gasteiger partial charge in [-0.05, 0) is 111 Å². The van der Waals surface area contributed by atoms with E-state index in [1.165, 1.54) is 14.2 Å². The normalized spacial score (nSPS) is 38.9. The van der Waals surface area contributed by atoms with E-state index in [0.29, 0.717) is 32.2 Å². The molecule has 3 N–H and O–H groups in total. The third-order valence-electron chi connectivity index (χ3n) is 15.3. The van der Waals surface area contributed by atoms with Crippen molar-refractivity contribution in [2.75, 3.05) is 58.9 Å². The number of piperidine rings is 2. The highest BCUT2D eigenvalue weighted by Gasteiger charge is 2.75. The topological polar surface area (TPSA) is 119 Å². The summed E-state index contributed by atoms with van der Waals surface area (Å²) in [5.74, 6) is -0.848. The van der Waals surface area contributed by atoms with Gasteiger partial charge in [-0.3, -0.25) is 14.6 Å². The highest BCUT2D eigenvalue weighted by atomic mass is 16.5. The summed E-state index contributed by atoms with van der Waals surface area (Å²) in [6.07, 6.45) is 6.45. The van der Waals surface area contributed by atoms with Crippen LogP contribution >= 0.6 is 0 Å². The van der Waals surface area contributed by atoms with Crippen LogP contribution in [-0.2, 0) is 36.3 Å². The molecule has 1 aliphatic carbocycles. The minimum atomic E-state index is -1.71. The molecule has 9 atom stereocenters. The molecular weight excluding hydrogens is 668 g/mol. The fourth-order valence-electron chi connectivity index (χ4n) is 13.4. The monoisotopic (exact) mass is 724 g/mol. The fraction of sp³-hybridized carbons (Fsp3) is 0.628. The average Bonchev–Trinajstić information content (AvgIpc) is 3.83. The lowest BCUT2D eigenvalue weighted by molar-refractivity contribution is -0.188. The number of para-hydroxylation sites is 1. The Kier molecular flexibility index (Phi) is 8.01. The van der Waals surface area contributed by atoms with Gasteiger partial charge >= 0.3 is 11.9 Å². The molecule has 10 nitrogen and oxygen atoms in total. The van der Waals surface area contributed by atoms with Crippen molar-refractivity contribution in [2.45, 2.75) is 106 Å². The SMILES string of the molecule is CC[C@@]1(O)C[C@@H]2CN(CCc3c([nH]c4ccccc34)[C@@](C(=O)OC)(c3ccc4c(c3)[C@@]35CCN6CCC[C@@](CC)(C[C@](O)(C(=O)OC)[C@@H]3N4C)[C@H]65)C2)C1. The predicted octanol–water partition coefficient (Wildman–Crippen LogP) is 4.66. The second kappa shape index (κ2) is 12.0. The largest absolute Gasteiger partial charge is 0.468 e. The number of benzene rings is 2. The molecule has 3 aromatic rings. The molecule has 6 heterocycles. The number of methoxy groups -OCH3 is 2. The van der Waals surface area contributed by atoms with E-state index in [2.05, 4.69) is 69.9 Å². The Morgan fingerprint density at radius 2 is 1.74 bits per heavy atom. The first-order valence-corrected chi connectivity index (χ1v) is 20.0. The number of nitrogens with one attached hydrogen (secondary N) is 1. The lowest BCUT2D eigenvalue weighted by atomic mass is 9.48.